The van der Waals surface area contributed by atoms with Crippen molar-refractivity contribution in [3.8, 4) is 0 Å². The molecule has 2 heterocycles. The number of benzene rings is 1. The fourth-order valence-electron chi connectivity index (χ4n) is 3.46. The molecule has 1 aliphatic carbocycles. The van der Waals surface area contributed by atoms with Gasteiger partial charge in [-0.25, -0.2) is 0 Å². The summed E-state index contributed by atoms with van der Waals surface area (Å²) in [6, 6.07) is 9.27. The number of hydrogen-bond acceptors (Lipinski definition) is 2. The molecule has 1 saturated carbocycles. The summed E-state index contributed by atoms with van der Waals surface area (Å²) < 4.78 is 0. The van der Waals surface area contributed by atoms with Crippen LogP contribution in [-0.2, 0) is 0 Å². The van der Waals surface area contributed by atoms with Crippen molar-refractivity contribution in [3.05, 3.63) is 42.2 Å². The van der Waals surface area contributed by atoms with E-state index in [4.69, 9.17) is 5.73 Å². The zero-order chi connectivity index (χ0) is 13.5. The lowest BCUT2D eigenvalue weighted by molar-refractivity contribution is 0.396. The zero-order valence-electron chi connectivity index (χ0n) is 11.5. The van der Waals surface area contributed by atoms with Gasteiger partial charge in [0, 0.05) is 40.2 Å². The third-order valence-electron chi connectivity index (χ3n) is 4.67. The van der Waals surface area contributed by atoms with Crippen LogP contribution in [0.1, 0.15) is 37.2 Å². The van der Waals surface area contributed by atoms with E-state index < -0.39 is 0 Å². The SMILES string of the molecule is NC1CCC(c2ccc3[nH]c4ccncc4c3c2)CC1. The van der Waals surface area contributed by atoms with Crippen LogP contribution >= 0.6 is 0 Å². The molecule has 0 aliphatic heterocycles. The molecule has 0 saturated heterocycles. The maximum atomic E-state index is 6.01. The number of rotatable bonds is 1. The minimum atomic E-state index is 0.410. The molecule has 3 heteroatoms. The number of fused-ring (bicyclic) bond motifs is 3. The first-order chi connectivity index (χ1) is 9.81. The number of aromatic amines is 1. The third-order valence-corrected chi connectivity index (χ3v) is 4.67. The Balaban J connectivity index is 1.79. The summed E-state index contributed by atoms with van der Waals surface area (Å²) in [6.45, 7) is 0. The number of aromatic nitrogens is 2. The lowest BCUT2D eigenvalue weighted by atomic mass is 9.82. The van der Waals surface area contributed by atoms with Gasteiger partial charge in [0.15, 0.2) is 0 Å². The first-order valence-corrected chi connectivity index (χ1v) is 7.42. The Morgan fingerprint density at radius 3 is 2.65 bits per heavy atom. The number of pyridine rings is 1. The van der Waals surface area contributed by atoms with Crippen LogP contribution in [0.3, 0.4) is 0 Å². The van der Waals surface area contributed by atoms with Gasteiger partial charge in [-0.3, -0.25) is 4.98 Å². The molecule has 3 N–H and O–H groups in total. The minimum Gasteiger partial charge on any atom is -0.354 e. The topological polar surface area (TPSA) is 54.7 Å². The summed E-state index contributed by atoms with van der Waals surface area (Å²) in [7, 11) is 0. The smallest absolute Gasteiger partial charge is 0.0495 e. The Labute approximate surface area is 118 Å². The van der Waals surface area contributed by atoms with Crippen LogP contribution in [0.2, 0.25) is 0 Å². The van der Waals surface area contributed by atoms with Gasteiger partial charge in [-0.2, -0.15) is 0 Å². The second-order valence-corrected chi connectivity index (χ2v) is 5.96. The Morgan fingerprint density at radius 2 is 1.80 bits per heavy atom. The summed E-state index contributed by atoms with van der Waals surface area (Å²) in [5, 5.41) is 2.51. The molecule has 0 bridgehead atoms. The molecule has 1 aliphatic rings. The Bertz CT molecular complexity index is 751. The summed E-state index contributed by atoms with van der Waals surface area (Å²) in [4.78, 5) is 7.71. The van der Waals surface area contributed by atoms with Gasteiger partial charge in [0.25, 0.3) is 0 Å². The largest absolute Gasteiger partial charge is 0.354 e. The van der Waals surface area contributed by atoms with Crippen LogP contribution in [-0.4, -0.2) is 16.0 Å². The summed E-state index contributed by atoms with van der Waals surface area (Å²) in [6.07, 6.45) is 8.52. The van der Waals surface area contributed by atoms with E-state index in [1.54, 1.807) is 0 Å². The van der Waals surface area contributed by atoms with Crippen LogP contribution in [0.4, 0.5) is 0 Å². The summed E-state index contributed by atoms with van der Waals surface area (Å²) in [5.74, 6) is 0.667. The summed E-state index contributed by atoms with van der Waals surface area (Å²) >= 11 is 0. The molecule has 2 aromatic heterocycles. The van der Waals surface area contributed by atoms with E-state index >= 15 is 0 Å². The maximum absolute atomic E-state index is 6.01. The van der Waals surface area contributed by atoms with Crippen LogP contribution in [0, 0.1) is 0 Å². The van der Waals surface area contributed by atoms with Gasteiger partial charge >= 0.3 is 0 Å². The molecule has 1 fully saturated rings. The quantitative estimate of drug-likeness (QED) is 0.705. The number of H-pyrrole nitrogens is 1. The molecule has 20 heavy (non-hydrogen) atoms. The van der Waals surface area contributed by atoms with E-state index in [1.807, 2.05) is 18.5 Å². The Kier molecular flexibility index (Phi) is 2.74. The molecule has 102 valence electrons. The average Bonchev–Trinajstić information content (AvgIpc) is 2.86. The molecule has 0 atom stereocenters. The van der Waals surface area contributed by atoms with Crippen molar-refractivity contribution in [2.24, 2.45) is 5.73 Å². The first-order valence-electron chi connectivity index (χ1n) is 7.42. The third kappa shape index (κ3) is 1.90. The molecular formula is C17H19N3. The molecule has 0 radical (unpaired) electrons. The molecule has 3 nitrogen and oxygen atoms in total. The molecule has 0 unspecified atom stereocenters. The Hall–Kier alpha value is -1.87. The first kappa shape index (κ1) is 11.9. The lowest BCUT2D eigenvalue weighted by Gasteiger charge is -2.26. The molecule has 1 aromatic carbocycles. The monoisotopic (exact) mass is 265 g/mol. The number of nitrogens with zero attached hydrogens (tertiary/aromatic N) is 1. The van der Waals surface area contributed by atoms with E-state index in [-0.39, 0.29) is 0 Å². The van der Waals surface area contributed by atoms with Crippen LogP contribution in [0.15, 0.2) is 36.7 Å². The highest BCUT2D eigenvalue weighted by molar-refractivity contribution is 6.06. The number of hydrogen-bond donors (Lipinski definition) is 2. The summed E-state index contributed by atoms with van der Waals surface area (Å²) in [5.41, 5.74) is 9.83. The van der Waals surface area contributed by atoms with Gasteiger partial charge < -0.3 is 10.7 Å². The normalized spacial score (nSPS) is 23.4. The van der Waals surface area contributed by atoms with Crippen molar-refractivity contribution < 1.29 is 0 Å². The van der Waals surface area contributed by atoms with Gasteiger partial charge in [0.1, 0.15) is 0 Å². The van der Waals surface area contributed by atoms with Crippen molar-refractivity contribution >= 4 is 21.8 Å². The second-order valence-electron chi connectivity index (χ2n) is 5.96. The molecule has 0 spiro atoms. The van der Waals surface area contributed by atoms with Crippen molar-refractivity contribution in [3.63, 3.8) is 0 Å². The van der Waals surface area contributed by atoms with E-state index in [0.29, 0.717) is 12.0 Å². The standard InChI is InChI=1S/C17H19N3/c18-13-4-1-11(2-5-13)12-3-6-16-14(9-12)15-10-19-8-7-17(15)20-16/h3,6-11,13,20H,1-2,4-5,18H2. The highest BCUT2D eigenvalue weighted by Gasteiger charge is 2.20. The van der Waals surface area contributed by atoms with Crippen molar-refractivity contribution in [2.45, 2.75) is 37.6 Å². The van der Waals surface area contributed by atoms with Gasteiger partial charge in [0.05, 0.1) is 0 Å². The van der Waals surface area contributed by atoms with Gasteiger partial charge in [0.2, 0.25) is 0 Å². The van der Waals surface area contributed by atoms with E-state index in [1.165, 1.54) is 34.7 Å². The maximum Gasteiger partial charge on any atom is 0.0495 e. The Morgan fingerprint density at radius 1 is 1.00 bits per heavy atom. The molecular weight excluding hydrogens is 246 g/mol. The predicted octanol–water partition coefficient (Wildman–Crippen LogP) is 3.70. The van der Waals surface area contributed by atoms with Crippen LogP contribution < -0.4 is 5.73 Å². The highest BCUT2D eigenvalue weighted by atomic mass is 14.7. The van der Waals surface area contributed by atoms with E-state index in [0.717, 1.165) is 18.4 Å². The number of nitrogens with two attached hydrogens (primary N) is 1. The van der Waals surface area contributed by atoms with Gasteiger partial charge in [-0.15, -0.1) is 0 Å². The van der Waals surface area contributed by atoms with Crippen molar-refractivity contribution in [2.75, 3.05) is 0 Å². The van der Waals surface area contributed by atoms with Crippen molar-refractivity contribution in [1.82, 2.24) is 9.97 Å². The fourth-order valence-corrected chi connectivity index (χ4v) is 3.46. The van der Waals surface area contributed by atoms with E-state index in [9.17, 15) is 0 Å². The van der Waals surface area contributed by atoms with Crippen LogP contribution in [0.25, 0.3) is 21.8 Å². The van der Waals surface area contributed by atoms with Gasteiger partial charge in [-0.05, 0) is 55.4 Å². The van der Waals surface area contributed by atoms with Gasteiger partial charge in [-0.1, -0.05) is 6.07 Å². The predicted molar refractivity (Wildman–Crippen MR) is 82.8 cm³/mol. The lowest BCUT2D eigenvalue weighted by Crippen LogP contribution is -2.25. The second kappa shape index (κ2) is 4.60. The molecule has 4 rings (SSSR count). The number of nitrogens with one attached hydrogen (secondary N) is 1. The van der Waals surface area contributed by atoms with Crippen LogP contribution in [0.5, 0.6) is 0 Å². The highest BCUT2D eigenvalue weighted by Crippen LogP contribution is 2.35. The molecule has 3 aromatic rings. The van der Waals surface area contributed by atoms with Crippen molar-refractivity contribution in [1.29, 1.82) is 0 Å². The average molecular weight is 265 g/mol. The minimum absolute atomic E-state index is 0.410. The molecule has 0 amide bonds. The zero-order valence-corrected chi connectivity index (χ0v) is 11.5. The van der Waals surface area contributed by atoms with E-state index in [2.05, 4.69) is 28.2 Å². The fraction of sp³-hybridized carbons (Fsp3) is 0.353.